The second-order valence-electron chi connectivity index (χ2n) is 12.2. The molecule has 3 amide bonds. The minimum absolute atomic E-state index is 0.0742. The Hall–Kier alpha value is -3.81. The minimum atomic E-state index is -0.984. The van der Waals surface area contributed by atoms with Crippen LogP contribution in [0.5, 0.6) is 5.75 Å². The third-order valence-corrected chi connectivity index (χ3v) is 7.50. The monoisotopic (exact) mass is 561 g/mol. The van der Waals surface area contributed by atoms with E-state index in [2.05, 4.69) is 17.2 Å². The lowest BCUT2D eigenvalue weighted by Crippen LogP contribution is -2.55. The molecule has 0 aliphatic heterocycles. The van der Waals surface area contributed by atoms with Crippen molar-refractivity contribution in [1.82, 2.24) is 15.5 Å². The standard InChI is InChI=1S/C33H43N3O5/c1-5-22-10-9-11-24(20-22)29(30(38)34-25-12-7-6-8-13-25)36(26-16-17-26)31(39)28(35-32(40)41-33(2,3)4)21-23-14-18-27(37)19-15-23/h5,9-11,14-15,18-20,25-26,28-29,37H,1,6-8,12-13,16-17,21H2,2-4H3,(H,34,38)(H,35,40). The average Bonchev–Trinajstić information content (AvgIpc) is 3.77. The Morgan fingerprint density at radius 1 is 1.05 bits per heavy atom. The van der Waals surface area contributed by atoms with Crippen molar-refractivity contribution in [3.05, 3.63) is 71.8 Å². The van der Waals surface area contributed by atoms with Gasteiger partial charge in [-0.25, -0.2) is 4.79 Å². The minimum Gasteiger partial charge on any atom is -0.508 e. The van der Waals surface area contributed by atoms with Crippen molar-refractivity contribution < 1.29 is 24.2 Å². The van der Waals surface area contributed by atoms with E-state index in [1.807, 2.05) is 24.3 Å². The summed E-state index contributed by atoms with van der Waals surface area (Å²) in [6.07, 6.45) is 7.89. The smallest absolute Gasteiger partial charge is 0.408 e. The van der Waals surface area contributed by atoms with Crippen molar-refractivity contribution in [2.75, 3.05) is 0 Å². The van der Waals surface area contributed by atoms with Crippen LogP contribution in [0.3, 0.4) is 0 Å². The number of carbonyl (C=O) groups excluding carboxylic acids is 3. The van der Waals surface area contributed by atoms with Gasteiger partial charge in [-0.3, -0.25) is 9.59 Å². The van der Waals surface area contributed by atoms with Crippen LogP contribution in [-0.2, 0) is 20.7 Å². The van der Waals surface area contributed by atoms with Crippen molar-refractivity contribution >= 4 is 24.0 Å². The van der Waals surface area contributed by atoms with Gasteiger partial charge in [-0.05, 0) is 81.3 Å². The largest absolute Gasteiger partial charge is 0.508 e. The van der Waals surface area contributed by atoms with E-state index >= 15 is 0 Å². The number of rotatable bonds is 10. The second-order valence-corrected chi connectivity index (χ2v) is 12.2. The fourth-order valence-electron chi connectivity index (χ4n) is 5.39. The summed E-state index contributed by atoms with van der Waals surface area (Å²) in [5.41, 5.74) is 1.56. The van der Waals surface area contributed by atoms with Gasteiger partial charge in [-0.2, -0.15) is 0 Å². The first kappa shape index (κ1) is 30.2. The molecule has 2 unspecified atom stereocenters. The lowest BCUT2D eigenvalue weighted by Gasteiger charge is -2.36. The van der Waals surface area contributed by atoms with E-state index in [1.165, 1.54) is 6.42 Å². The molecule has 2 aromatic rings. The number of carbonyl (C=O) groups is 3. The molecule has 0 heterocycles. The summed E-state index contributed by atoms with van der Waals surface area (Å²) >= 11 is 0. The second kappa shape index (κ2) is 13.2. The summed E-state index contributed by atoms with van der Waals surface area (Å²) in [5.74, 6) is -0.448. The molecule has 0 spiro atoms. The molecule has 8 heteroatoms. The summed E-state index contributed by atoms with van der Waals surface area (Å²) in [6, 6.07) is 12.2. The van der Waals surface area contributed by atoms with Gasteiger partial charge in [0.2, 0.25) is 11.8 Å². The van der Waals surface area contributed by atoms with Crippen LogP contribution in [-0.4, -0.2) is 51.6 Å². The highest BCUT2D eigenvalue weighted by atomic mass is 16.6. The van der Waals surface area contributed by atoms with E-state index in [0.717, 1.165) is 49.7 Å². The molecule has 0 saturated heterocycles. The van der Waals surface area contributed by atoms with E-state index in [4.69, 9.17) is 4.74 Å². The predicted molar refractivity (Wildman–Crippen MR) is 159 cm³/mol. The van der Waals surface area contributed by atoms with E-state index in [9.17, 15) is 19.5 Å². The maximum atomic E-state index is 14.5. The maximum absolute atomic E-state index is 14.5. The van der Waals surface area contributed by atoms with Crippen molar-refractivity contribution in [2.45, 2.75) is 102 Å². The number of amides is 3. The summed E-state index contributed by atoms with van der Waals surface area (Å²) in [6.45, 7) is 9.17. The molecular formula is C33H43N3O5. The molecule has 4 rings (SSSR count). The number of aromatic hydroxyl groups is 1. The van der Waals surface area contributed by atoms with Crippen molar-refractivity contribution in [3.8, 4) is 5.75 Å². The first-order chi connectivity index (χ1) is 19.5. The highest BCUT2D eigenvalue weighted by molar-refractivity contribution is 5.93. The Balaban J connectivity index is 1.70. The molecule has 41 heavy (non-hydrogen) atoms. The summed E-state index contributed by atoms with van der Waals surface area (Å²) in [4.78, 5) is 43.1. The predicted octanol–water partition coefficient (Wildman–Crippen LogP) is 5.65. The number of phenols is 1. The van der Waals surface area contributed by atoms with Gasteiger partial charge < -0.3 is 25.4 Å². The first-order valence-corrected chi connectivity index (χ1v) is 14.7. The molecule has 2 fully saturated rings. The fourth-order valence-corrected chi connectivity index (χ4v) is 5.39. The van der Waals surface area contributed by atoms with Crippen LogP contribution in [0, 0.1) is 0 Å². The number of ether oxygens (including phenoxy) is 1. The molecular weight excluding hydrogens is 518 g/mol. The number of phenolic OH excluding ortho intramolecular Hbond substituents is 1. The third-order valence-electron chi connectivity index (χ3n) is 7.50. The molecule has 8 nitrogen and oxygen atoms in total. The number of hydrogen-bond acceptors (Lipinski definition) is 5. The van der Waals surface area contributed by atoms with Gasteiger partial charge in [0.05, 0.1) is 0 Å². The van der Waals surface area contributed by atoms with Crippen LogP contribution in [0.25, 0.3) is 6.08 Å². The molecule has 2 aromatic carbocycles. The topological polar surface area (TPSA) is 108 Å². The molecule has 2 aliphatic carbocycles. The van der Waals surface area contributed by atoms with Gasteiger partial charge in [0.15, 0.2) is 0 Å². The van der Waals surface area contributed by atoms with Crippen LogP contribution in [0.4, 0.5) is 4.79 Å². The van der Waals surface area contributed by atoms with E-state index in [-0.39, 0.29) is 36.1 Å². The summed E-state index contributed by atoms with van der Waals surface area (Å²) < 4.78 is 5.50. The Morgan fingerprint density at radius 3 is 2.34 bits per heavy atom. The molecule has 2 saturated carbocycles. The van der Waals surface area contributed by atoms with E-state index in [1.54, 1.807) is 56.0 Å². The number of nitrogens with zero attached hydrogens (tertiary/aromatic N) is 1. The van der Waals surface area contributed by atoms with Crippen LogP contribution < -0.4 is 10.6 Å². The lowest BCUT2D eigenvalue weighted by molar-refractivity contribution is -0.143. The number of nitrogens with one attached hydrogen (secondary N) is 2. The van der Waals surface area contributed by atoms with Crippen molar-refractivity contribution in [3.63, 3.8) is 0 Å². The van der Waals surface area contributed by atoms with Crippen LogP contribution in [0.15, 0.2) is 55.1 Å². The van der Waals surface area contributed by atoms with Crippen LogP contribution in [0.1, 0.15) is 88.4 Å². The van der Waals surface area contributed by atoms with Crippen LogP contribution >= 0.6 is 0 Å². The normalized spacial score (nSPS) is 17.1. The molecule has 0 radical (unpaired) electrons. The Labute approximate surface area is 243 Å². The summed E-state index contributed by atoms with van der Waals surface area (Å²) in [5, 5.41) is 15.8. The zero-order valence-electron chi connectivity index (χ0n) is 24.4. The van der Waals surface area contributed by atoms with Gasteiger partial charge in [-0.1, -0.05) is 62.2 Å². The third kappa shape index (κ3) is 8.59. The fraction of sp³-hybridized carbons (Fsp3) is 0.485. The Kier molecular flexibility index (Phi) is 9.73. The Morgan fingerprint density at radius 2 is 1.73 bits per heavy atom. The van der Waals surface area contributed by atoms with Gasteiger partial charge >= 0.3 is 6.09 Å². The zero-order valence-corrected chi connectivity index (χ0v) is 24.4. The lowest BCUT2D eigenvalue weighted by atomic mass is 9.94. The average molecular weight is 562 g/mol. The maximum Gasteiger partial charge on any atom is 0.408 e. The Bertz CT molecular complexity index is 1230. The SMILES string of the molecule is C=Cc1cccc(C(C(=O)NC2CCCCC2)N(C(=O)C(Cc2ccc(O)cc2)NC(=O)OC(C)(C)C)C2CC2)c1. The van der Waals surface area contributed by atoms with E-state index in [0.29, 0.717) is 5.56 Å². The molecule has 2 atom stereocenters. The van der Waals surface area contributed by atoms with Gasteiger partial charge in [0.1, 0.15) is 23.4 Å². The quantitative estimate of drug-likeness (QED) is 0.347. The molecule has 0 aromatic heterocycles. The van der Waals surface area contributed by atoms with E-state index < -0.39 is 23.8 Å². The number of benzene rings is 2. The number of alkyl carbamates (subject to hydrolysis) is 1. The first-order valence-electron chi connectivity index (χ1n) is 14.7. The molecule has 3 N–H and O–H groups in total. The zero-order chi connectivity index (χ0) is 29.6. The summed E-state index contributed by atoms with van der Waals surface area (Å²) in [7, 11) is 0. The van der Waals surface area contributed by atoms with Crippen molar-refractivity contribution in [2.24, 2.45) is 0 Å². The van der Waals surface area contributed by atoms with Gasteiger partial charge in [0.25, 0.3) is 0 Å². The van der Waals surface area contributed by atoms with Gasteiger partial charge in [0, 0.05) is 18.5 Å². The van der Waals surface area contributed by atoms with Crippen molar-refractivity contribution in [1.29, 1.82) is 0 Å². The highest BCUT2D eigenvalue weighted by Crippen LogP contribution is 2.36. The highest BCUT2D eigenvalue weighted by Gasteiger charge is 2.44. The molecule has 0 bridgehead atoms. The van der Waals surface area contributed by atoms with Crippen LogP contribution in [0.2, 0.25) is 0 Å². The molecule has 220 valence electrons. The number of hydrogen-bond donors (Lipinski definition) is 3. The van der Waals surface area contributed by atoms with Gasteiger partial charge in [-0.15, -0.1) is 0 Å². The molecule has 2 aliphatic rings.